The Kier molecular flexibility index (Phi) is 5.39. The molecule has 114 valence electrons. The van der Waals surface area contributed by atoms with Crippen LogP contribution >= 0.6 is 0 Å². The van der Waals surface area contributed by atoms with Crippen molar-refractivity contribution in [2.75, 3.05) is 20.2 Å². The summed E-state index contributed by atoms with van der Waals surface area (Å²) in [6.45, 7) is 3.48. The summed E-state index contributed by atoms with van der Waals surface area (Å²) in [6.07, 6.45) is 5.63. The third-order valence-electron chi connectivity index (χ3n) is 4.18. The minimum Gasteiger partial charge on any atom is -0.496 e. The van der Waals surface area contributed by atoms with Crippen LogP contribution in [0.2, 0.25) is 0 Å². The molecule has 0 radical (unpaired) electrons. The van der Waals surface area contributed by atoms with E-state index in [0.717, 1.165) is 30.7 Å². The average molecular weight is 288 g/mol. The summed E-state index contributed by atoms with van der Waals surface area (Å²) in [5.74, 6) is 1.26. The number of likely N-dealkylation sites (tertiary alicyclic amines) is 1. The van der Waals surface area contributed by atoms with Crippen molar-refractivity contribution in [1.29, 1.82) is 0 Å². The second-order valence-corrected chi connectivity index (χ2v) is 5.53. The highest BCUT2D eigenvalue weighted by atomic mass is 16.5. The van der Waals surface area contributed by atoms with Crippen LogP contribution in [0.1, 0.15) is 25.3 Å². The summed E-state index contributed by atoms with van der Waals surface area (Å²) in [5, 5.41) is 0. The summed E-state index contributed by atoms with van der Waals surface area (Å²) in [6, 6.07) is 7.80. The van der Waals surface area contributed by atoms with E-state index in [4.69, 9.17) is 10.5 Å². The van der Waals surface area contributed by atoms with Crippen LogP contribution in [0, 0.1) is 5.92 Å². The van der Waals surface area contributed by atoms with Crippen LogP contribution in [0.15, 0.2) is 30.3 Å². The van der Waals surface area contributed by atoms with Gasteiger partial charge in [0, 0.05) is 30.8 Å². The fraction of sp³-hybridized carbons (Fsp3) is 0.471. The molecule has 0 aromatic heterocycles. The first-order valence-corrected chi connectivity index (χ1v) is 7.49. The van der Waals surface area contributed by atoms with Crippen molar-refractivity contribution in [3.8, 4) is 5.75 Å². The van der Waals surface area contributed by atoms with Crippen LogP contribution in [-0.4, -0.2) is 37.0 Å². The Bertz CT molecular complexity index is 513. The molecule has 0 saturated carbocycles. The first-order valence-electron chi connectivity index (χ1n) is 7.49. The van der Waals surface area contributed by atoms with Crippen molar-refractivity contribution < 1.29 is 9.53 Å². The second kappa shape index (κ2) is 7.27. The number of piperidine rings is 1. The molecule has 2 unspecified atom stereocenters. The molecule has 0 aliphatic carbocycles. The van der Waals surface area contributed by atoms with E-state index in [2.05, 4.69) is 6.92 Å². The Morgan fingerprint density at radius 1 is 1.48 bits per heavy atom. The zero-order chi connectivity index (χ0) is 15.2. The van der Waals surface area contributed by atoms with Gasteiger partial charge in [0.15, 0.2) is 0 Å². The summed E-state index contributed by atoms with van der Waals surface area (Å²) < 4.78 is 5.29. The minimum atomic E-state index is 0.0305. The number of methoxy groups -OCH3 is 1. The van der Waals surface area contributed by atoms with Gasteiger partial charge in [-0.15, -0.1) is 0 Å². The zero-order valence-corrected chi connectivity index (χ0v) is 12.8. The van der Waals surface area contributed by atoms with E-state index in [0.29, 0.717) is 12.5 Å². The van der Waals surface area contributed by atoms with Gasteiger partial charge in [0.05, 0.1) is 7.11 Å². The highest BCUT2D eigenvalue weighted by molar-refractivity contribution is 5.92. The maximum absolute atomic E-state index is 12.4. The van der Waals surface area contributed by atoms with E-state index in [9.17, 15) is 4.79 Å². The summed E-state index contributed by atoms with van der Waals surface area (Å²) in [4.78, 5) is 14.3. The van der Waals surface area contributed by atoms with Gasteiger partial charge in [-0.1, -0.05) is 25.1 Å². The number of para-hydroxylation sites is 1. The smallest absolute Gasteiger partial charge is 0.246 e. The maximum Gasteiger partial charge on any atom is 0.246 e. The van der Waals surface area contributed by atoms with E-state index in [1.54, 1.807) is 13.2 Å². The number of nitrogens with two attached hydrogens (primary N) is 1. The Balaban J connectivity index is 2.11. The van der Waals surface area contributed by atoms with Crippen molar-refractivity contribution in [3.05, 3.63) is 35.9 Å². The molecule has 1 aromatic rings. The first-order chi connectivity index (χ1) is 10.2. The molecule has 0 spiro atoms. The fourth-order valence-corrected chi connectivity index (χ4v) is 2.94. The third-order valence-corrected chi connectivity index (χ3v) is 4.18. The SMILES string of the molecule is COc1ccccc1C=CC(=O)N1CCCC(C)C1CN. The van der Waals surface area contributed by atoms with Gasteiger partial charge in [0.1, 0.15) is 5.75 Å². The number of rotatable bonds is 4. The molecular weight excluding hydrogens is 264 g/mol. The largest absolute Gasteiger partial charge is 0.496 e. The van der Waals surface area contributed by atoms with Crippen LogP contribution in [-0.2, 0) is 4.79 Å². The zero-order valence-electron chi connectivity index (χ0n) is 12.8. The van der Waals surface area contributed by atoms with Crippen molar-refractivity contribution in [2.24, 2.45) is 11.7 Å². The summed E-state index contributed by atoms with van der Waals surface area (Å²) in [7, 11) is 1.63. The number of hydrogen-bond donors (Lipinski definition) is 1. The molecule has 0 bridgehead atoms. The molecule has 4 heteroatoms. The van der Waals surface area contributed by atoms with E-state index in [1.165, 1.54) is 0 Å². The van der Waals surface area contributed by atoms with Crippen molar-refractivity contribution >= 4 is 12.0 Å². The van der Waals surface area contributed by atoms with Crippen LogP contribution < -0.4 is 10.5 Å². The predicted octanol–water partition coefficient (Wildman–Crippen LogP) is 2.29. The first kappa shape index (κ1) is 15.6. The van der Waals surface area contributed by atoms with Gasteiger partial charge in [0.2, 0.25) is 5.91 Å². The second-order valence-electron chi connectivity index (χ2n) is 5.53. The Labute approximate surface area is 126 Å². The molecule has 21 heavy (non-hydrogen) atoms. The van der Waals surface area contributed by atoms with Gasteiger partial charge in [-0.05, 0) is 30.9 Å². The van der Waals surface area contributed by atoms with Crippen LogP contribution in [0.4, 0.5) is 0 Å². The van der Waals surface area contributed by atoms with Crippen LogP contribution in [0.5, 0.6) is 5.75 Å². The number of ether oxygens (including phenoxy) is 1. The highest BCUT2D eigenvalue weighted by Crippen LogP contribution is 2.23. The van der Waals surface area contributed by atoms with E-state index in [1.807, 2.05) is 35.2 Å². The van der Waals surface area contributed by atoms with Crippen molar-refractivity contribution in [1.82, 2.24) is 4.90 Å². The number of carbonyl (C=O) groups excluding carboxylic acids is 1. The molecule has 1 heterocycles. The highest BCUT2D eigenvalue weighted by Gasteiger charge is 2.29. The molecule has 4 nitrogen and oxygen atoms in total. The van der Waals surface area contributed by atoms with Crippen molar-refractivity contribution in [2.45, 2.75) is 25.8 Å². The van der Waals surface area contributed by atoms with Crippen molar-refractivity contribution in [3.63, 3.8) is 0 Å². The Hall–Kier alpha value is -1.81. The predicted molar refractivity (Wildman–Crippen MR) is 85.0 cm³/mol. The molecule has 1 fully saturated rings. The normalized spacial score (nSPS) is 22.5. The molecule has 1 aromatic carbocycles. The summed E-state index contributed by atoms with van der Waals surface area (Å²) >= 11 is 0. The number of benzene rings is 1. The van der Waals surface area contributed by atoms with Gasteiger partial charge in [-0.25, -0.2) is 0 Å². The summed E-state index contributed by atoms with van der Waals surface area (Å²) in [5.41, 5.74) is 6.74. The van der Waals surface area contributed by atoms with Gasteiger partial charge in [-0.3, -0.25) is 4.79 Å². The average Bonchev–Trinajstić information content (AvgIpc) is 2.52. The van der Waals surface area contributed by atoms with E-state index < -0.39 is 0 Å². The topological polar surface area (TPSA) is 55.6 Å². The third kappa shape index (κ3) is 3.64. The number of nitrogens with zero attached hydrogens (tertiary/aromatic N) is 1. The lowest BCUT2D eigenvalue weighted by molar-refractivity contribution is -0.130. The number of carbonyl (C=O) groups is 1. The lowest BCUT2D eigenvalue weighted by Gasteiger charge is -2.38. The Morgan fingerprint density at radius 2 is 2.24 bits per heavy atom. The molecule has 1 saturated heterocycles. The molecule has 2 atom stereocenters. The lowest BCUT2D eigenvalue weighted by atomic mass is 9.90. The minimum absolute atomic E-state index is 0.0305. The fourth-order valence-electron chi connectivity index (χ4n) is 2.94. The quantitative estimate of drug-likeness (QED) is 0.865. The molecule has 2 N–H and O–H groups in total. The molecule has 1 aliphatic rings. The molecule has 1 aliphatic heterocycles. The number of hydrogen-bond acceptors (Lipinski definition) is 3. The van der Waals surface area contributed by atoms with Crippen LogP contribution in [0.3, 0.4) is 0 Å². The van der Waals surface area contributed by atoms with Gasteiger partial charge < -0.3 is 15.4 Å². The molecule has 2 rings (SSSR count). The standard InChI is InChI=1S/C17H24N2O2/c1-13-6-5-11-19(15(13)12-18)17(20)10-9-14-7-3-4-8-16(14)21-2/h3-4,7-10,13,15H,5-6,11-12,18H2,1-2H3. The Morgan fingerprint density at radius 3 is 2.95 bits per heavy atom. The van der Waals surface area contributed by atoms with Gasteiger partial charge in [0.25, 0.3) is 0 Å². The van der Waals surface area contributed by atoms with E-state index >= 15 is 0 Å². The van der Waals surface area contributed by atoms with Crippen LogP contribution in [0.25, 0.3) is 6.08 Å². The number of amides is 1. The lowest BCUT2D eigenvalue weighted by Crippen LogP contribution is -2.50. The van der Waals surface area contributed by atoms with Gasteiger partial charge in [-0.2, -0.15) is 0 Å². The maximum atomic E-state index is 12.4. The monoisotopic (exact) mass is 288 g/mol. The van der Waals surface area contributed by atoms with Gasteiger partial charge >= 0.3 is 0 Å². The molecule has 1 amide bonds. The van der Waals surface area contributed by atoms with E-state index in [-0.39, 0.29) is 11.9 Å². The molecular formula is C17H24N2O2.